The number of nitrogens with zero attached hydrogens (tertiary/aromatic N) is 2. The van der Waals surface area contributed by atoms with Gasteiger partial charge in [0.2, 0.25) is 0 Å². The number of hydrogen-bond donors (Lipinski definition) is 1. The maximum absolute atomic E-state index is 12.9. The number of carbonyl (C=O) groups excluding carboxylic acids is 1. The minimum absolute atomic E-state index is 0.0677. The number of carbonyl (C=O) groups is 1. The van der Waals surface area contributed by atoms with Gasteiger partial charge in [-0.2, -0.15) is 0 Å². The van der Waals surface area contributed by atoms with Crippen LogP contribution in [-0.4, -0.2) is 34.4 Å². The summed E-state index contributed by atoms with van der Waals surface area (Å²) in [6.45, 7) is 4.74. The lowest BCUT2D eigenvalue weighted by Crippen LogP contribution is -2.48. The van der Waals surface area contributed by atoms with Gasteiger partial charge in [0, 0.05) is 29.7 Å². The minimum atomic E-state index is 0.0677. The Morgan fingerprint density at radius 3 is 2.90 bits per heavy atom. The fourth-order valence-corrected chi connectivity index (χ4v) is 3.08. The summed E-state index contributed by atoms with van der Waals surface area (Å²) in [4.78, 5) is 19.4. The van der Waals surface area contributed by atoms with E-state index in [1.165, 1.54) is 0 Å². The Bertz CT molecular complexity index is 683. The zero-order valence-corrected chi connectivity index (χ0v) is 12.5. The van der Waals surface area contributed by atoms with Crippen LogP contribution in [0.3, 0.4) is 0 Å². The lowest BCUT2D eigenvalue weighted by Gasteiger charge is -2.36. The Morgan fingerprint density at radius 1 is 1.33 bits per heavy atom. The first kappa shape index (κ1) is 14.0. The fourth-order valence-electron chi connectivity index (χ4n) is 3.08. The zero-order chi connectivity index (χ0) is 15.0. The average Bonchev–Trinajstić information content (AvgIpc) is 2.46. The second kappa shape index (κ2) is 5.45. The van der Waals surface area contributed by atoms with E-state index in [1.807, 2.05) is 42.2 Å². The van der Waals surface area contributed by atoms with Crippen LogP contribution in [0.25, 0.3) is 10.9 Å². The van der Waals surface area contributed by atoms with E-state index in [2.05, 4.69) is 11.9 Å². The maximum atomic E-state index is 12.9. The average molecular weight is 283 g/mol. The monoisotopic (exact) mass is 283 g/mol. The Hall–Kier alpha value is -1.94. The molecular weight excluding hydrogens is 262 g/mol. The van der Waals surface area contributed by atoms with E-state index in [4.69, 9.17) is 5.73 Å². The standard InChI is InChI=1S/C17H21N3O/c1-11-6-7-13-4-3-5-15(16(13)19-11)17(21)20-9-8-14(18)10-12(20)2/h3-7,12,14H,8-10,18H2,1-2H3. The molecule has 2 aromatic rings. The predicted octanol–water partition coefficient (Wildman–Crippen LogP) is 2.50. The summed E-state index contributed by atoms with van der Waals surface area (Å²) < 4.78 is 0. The number of benzene rings is 1. The Kier molecular flexibility index (Phi) is 3.64. The largest absolute Gasteiger partial charge is 0.336 e. The van der Waals surface area contributed by atoms with Crippen molar-refractivity contribution in [3.63, 3.8) is 0 Å². The number of piperidine rings is 1. The van der Waals surface area contributed by atoms with Crippen LogP contribution in [0, 0.1) is 6.92 Å². The van der Waals surface area contributed by atoms with Crippen molar-refractivity contribution in [3.8, 4) is 0 Å². The van der Waals surface area contributed by atoms with Gasteiger partial charge in [0.05, 0.1) is 11.1 Å². The summed E-state index contributed by atoms with van der Waals surface area (Å²) in [7, 11) is 0. The molecule has 0 saturated carbocycles. The second-order valence-electron chi connectivity index (χ2n) is 5.96. The molecule has 1 aliphatic rings. The third-order valence-corrected chi connectivity index (χ3v) is 4.27. The molecule has 1 fully saturated rings. The number of amides is 1. The number of aryl methyl sites for hydroxylation is 1. The van der Waals surface area contributed by atoms with Crippen LogP contribution in [0.2, 0.25) is 0 Å². The van der Waals surface area contributed by atoms with Crippen molar-refractivity contribution >= 4 is 16.8 Å². The van der Waals surface area contributed by atoms with Gasteiger partial charge in [0.15, 0.2) is 0 Å². The summed E-state index contributed by atoms with van der Waals surface area (Å²) in [5.74, 6) is 0.0677. The van der Waals surface area contributed by atoms with E-state index in [0.717, 1.165) is 36.0 Å². The number of likely N-dealkylation sites (tertiary alicyclic amines) is 1. The van der Waals surface area contributed by atoms with Gasteiger partial charge in [-0.25, -0.2) is 0 Å². The molecule has 2 heterocycles. The number of aromatic nitrogens is 1. The zero-order valence-electron chi connectivity index (χ0n) is 12.5. The minimum Gasteiger partial charge on any atom is -0.336 e. The van der Waals surface area contributed by atoms with Crippen molar-refractivity contribution in [1.29, 1.82) is 0 Å². The Morgan fingerprint density at radius 2 is 2.14 bits per heavy atom. The van der Waals surface area contributed by atoms with E-state index in [-0.39, 0.29) is 18.0 Å². The van der Waals surface area contributed by atoms with Gasteiger partial charge in [-0.3, -0.25) is 9.78 Å². The summed E-state index contributed by atoms with van der Waals surface area (Å²) >= 11 is 0. The molecule has 2 N–H and O–H groups in total. The van der Waals surface area contributed by atoms with Crippen LogP contribution in [0.4, 0.5) is 0 Å². The molecule has 21 heavy (non-hydrogen) atoms. The van der Waals surface area contributed by atoms with Crippen molar-refractivity contribution in [2.24, 2.45) is 5.73 Å². The van der Waals surface area contributed by atoms with Crippen LogP contribution in [0.1, 0.15) is 35.8 Å². The van der Waals surface area contributed by atoms with Crippen molar-refractivity contribution in [3.05, 3.63) is 41.6 Å². The molecule has 3 rings (SSSR count). The lowest BCUT2D eigenvalue weighted by molar-refractivity contribution is 0.0621. The van der Waals surface area contributed by atoms with Gasteiger partial charge in [-0.15, -0.1) is 0 Å². The molecule has 0 aliphatic carbocycles. The summed E-state index contributed by atoms with van der Waals surface area (Å²) in [5, 5.41) is 1.01. The fraction of sp³-hybridized carbons (Fsp3) is 0.412. The first-order chi connectivity index (χ1) is 10.1. The highest BCUT2D eigenvalue weighted by Gasteiger charge is 2.28. The van der Waals surface area contributed by atoms with E-state index >= 15 is 0 Å². The van der Waals surface area contributed by atoms with E-state index in [1.54, 1.807) is 0 Å². The first-order valence-corrected chi connectivity index (χ1v) is 7.49. The van der Waals surface area contributed by atoms with Crippen molar-refractivity contribution in [1.82, 2.24) is 9.88 Å². The predicted molar refractivity (Wildman–Crippen MR) is 84.2 cm³/mol. The Balaban J connectivity index is 2.00. The van der Waals surface area contributed by atoms with E-state index < -0.39 is 0 Å². The van der Waals surface area contributed by atoms with Crippen molar-refractivity contribution in [2.75, 3.05) is 6.54 Å². The third kappa shape index (κ3) is 2.63. The van der Waals surface area contributed by atoms with E-state index in [0.29, 0.717) is 5.56 Å². The molecule has 1 saturated heterocycles. The molecule has 2 unspecified atom stereocenters. The number of para-hydroxylation sites is 1. The maximum Gasteiger partial charge on any atom is 0.256 e. The SMILES string of the molecule is Cc1ccc2cccc(C(=O)N3CCC(N)CC3C)c2n1. The number of pyridine rings is 1. The molecule has 0 radical (unpaired) electrons. The molecule has 2 atom stereocenters. The van der Waals surface area contributed by atoms with Gasteiger partial charge in [0.25, 0.3) is 5.91 Å². The van der Waals surface area contributed by atoms with Crippen LogP contribution in [0.5, 0.6) is 0 Å². The van der Waals surface area contributed by atoms with Crippen LogP contribution >= 0.6 is 0 Å². The molecule has 0 bridgehead atoms. The number of nitrogens with two attached hydrogens (primary N) is 1. The highest BCUT2D eigenvalue weighted by Crippen LogP contribution is 2.23. The number of rotatable bonds is 1. The van der Waals surface area contributed by atoms with Gasteiger partial charge in [-0.05, 0) is 38.8 Å². The number of fused-ring (bicyclic) bond motifs is 1. The molecule has 110 valence electrons. The molecule has 1 aromatic heterocycles. The highest BCUT2D eigenvalue weighted by atomic mass is 16.2. The first-order valence-electron chi connectivity index (χ1n) is 7.49. The van der Waals surface area contributed by atoms with Gasteiger partial charge < -0.3 is 10.6 Å². The molecule has 4 nitrogen and oxygen atoms in total. The summed E-state index contributed by atoms with van der Waals surface area (Å²) in [6, 6.07) is 10.2. The normalized spacial score (nSPS) is 22.5. The quantitative estimate of drug-likeness (QED) is 0.874. The van der Waals surface area contributed by atoms with E-state index in [9.17, 15) is 4.79 Å². The van der Waals surface area contributed by atoms with Crippen LogP contribution in [0.15, 0.2) is 30.3 Å². The van der Waals surface area contributed by atoms with Crippen molar-refractivity contribution < 1.29 is 4.79 Å². The Labute approximate surface area is 125 Å². The summed E-state index contributed by atoms with van der Waals surface area (Å²) in [6.07, 6.45) is 1.73. The molecular formula is C17H21N3O. The molecule has 1 aliphatic heterocycles. The molecule has 4 heteroatoms. The molecule has 1 amide bonds. The summed E-state index contributed by atoms with van der Waals surface area (Å²) in [5.41, 5.74) is 8.40. The highest BCUT2D eigenvalue weighted by molar-refractivity contribution is 6.05. The van der Waals surface area contributed by atoms with Gasteiger partial charge >= 0.3 is 0 Å². The van der Waals surface area contributed by atoms with Gasteiger partial charge in [-0.1, -0.05) is 18.2 Å². The van der Waals surface area contributed by atoms with Gasteiger partial charge in [0.1, 0.15) is 0 Å². The molecule has 1 aromatic carbocycles. The van der Waals surface area contributed by atoms with Crippen LogP contribution in [-0.2, 0) is 0 Å². The van der Waals surface area contributed by atoms with Crippen LogP contribution < -0.4 is 5.73 Å². The lowest BCUT2D eigenvalue weighted by atomic mass is 9.97. The molecule has 0 spiro atoms. The third-order valence-electron chi connectivity index (χ3n) is 4.27. The smallest absolute Gasteiger partial charge is 0.256 e. The number of hydrogen-bond acceptors (Lipinski definition) is 3. The second-order valence-corrected chi connectivity index (χ2v) is 5.96. The van der Waals surface area contributed by atoms with Crippen molar-refractivity contribution in [2.45, 2.75) is 38.8 Å². The topological polar surface area (TPSA) is 59.2 Å².